The number of imidazole rings is 1. The number of para-hydroxylation sites is 2. The molecule has 1 atom stereocenters. The number of aromatic amines is 1. The minimum absolute atomic E-state index is 0.0294. The molecule has 14 nitrogen and oxygen atoms in total. The summed E-state index contributed by atoms with van der Waals surface area (Å²) in [5.74, 6) is -2.88. The lowest BCUT2D eigenvalue weighted by molar-refractivity contribution is -0.136. The second-order valence-electron chi connectivity index (χ2n) is 13.5. The average molecular weight is 766 g/mol. The van der Waals surface area contributed by atoms with Gasteiger partial charge in [0.15, 0.2) is 5.16 Å². The fourth-order valence-electron chi connectivity index (χ4n) is 6.67. The van der Waals surface area contributed by atoms with Crippen LogP contribution in [0.15, 0.2) is 71.9 Å². The highest BCUT2D eigenvalue weighted by atomic mass is 32.2. The number of H-pyrrole nitrogens is 1. The van der Waals surface area contributed by atoms with Crippen LogP contribution in [0.3, 0.4) is 0 Å². The molecule has 4 aromatic rings. The van der Waals surface area contributed by atoms with Crippen molar-refractivity contribution in [3.63, 3.8) is 0 Å². The zero-order chi connectivity index (χ0) is 38.7. The van der Waals surface area contributed by atoms with Crippen LogP contribution >= 0.6 is 11.8 Å². The molecular formula is C40H43N7O7S. The van der Waals surface area contributed by atoms with E-state index in [1.807, 2.05) is 24.3 Å². The van der Waals surface area contributed by atoms with E-state index in [9.17, 15) is 33.6 Å². The van der Waals surface area contributed by atoms with Crippen molar-refractivity contribution in [2.45, 2.75) is 81.8 Å². The van der Waals surface area contributed by atoms with Crippen LogP contribution in [-0.2, 0) is 19.2 Å². The number of anilines is 2. The highest BCUT2D eigenvalue weighted by Crippen LogP contribution is 2.32. The Bertz CT molecular complexity index is 2080. The summed E-state index contributed by atoms with van der Waals surface area (Å²) in [7, 11) is 0. The first-order valence-corrected chi connectivity index (χ1v) is 19.6. The molecule has 3 aromatic carbocycles. The SMILES string of the molecule is O=C1CCC(N2C(=O)c3cccc(NC(=O)CCCCCCCCCCNC(=O)c4cccc(NC(=O)CSc5nc6ccccc6[nH]5)c4)c3C2=O)C(=O)N1. The highest BCUT2D eigenvalue weighted by molar-refractivity contribution is 7.99. The summed E-state index contributed by atoms with van der Waals surface area (Å²) in [4.78, 5) is 96.7. The quantitative estimate of drug-likeness (QED) is 0.0488. The standard InChI is InChI=1S/C40H43N7O7S/c48-32(43-30-18-12-15-27-35(30)39(54)47(38(27)53)31-20-21-33(49)46-37(31)52)19-7-5-3-1-2-4-6-10-22-41-36(51)25-13-11-14-26(23-25)42-34(50)24-55-40-44-28-16-8-9-17-29(28)45-40/h8-9,11-18,23,31H,1-7,10,19-22,24H2,(H,41,51)(H,42,50)(H,43,48)(H,44,45)(H,46,49,52). The molecule has 0 spiro atoms. The second-order valence-corrected chi connectivity index (χ2v) is 14.5. The van der Waals surface area contributed by atoms with E-state index in [-0.39, 0.29) is 59.6 Å². The van der Waals surface area contributed by atoms with Gasteiger partial charge < -0.3 is 20.9 Å². The number of nitrogens with one attached hydrogen (secondary N) is 5. The Morgan fingerprint density at radius 2 is 1.55 bits per heavy atom. The van der Waals surface area contributed by atoms with E-state index in [0.717, 1.165) is 60.9 Å². The lowest BCUT2D eigenvalue weighted by Gasteiger charge is -2.27. The van der Waals surface area contributed by atoms with Crippen molar-refractivity contribution >= 4 is 75.5 Å². The number of benzene rings is 3. The topological polar surface area (TPSA) is 200 Å². The third-order valence-corrected chi connectivity index (χ3v) is 10.3. The van der Waals surface area contributed by atoms with E-state index in [0.29, 0.717) is 29.4 Å². The van der Waals surface area contributed by atoms with E-state index < -0.39 is 29.7 Å². The summed E-state index contributed by atoms with van der Waals surface area (Å²) in [5, 5.41) is 11.4. The Kier molecular flexibility index (Phi) is 13.1. The Labute approximate surface area is 322 Å². The molecule has 55 heavy (non-hydrogen) atoms. The maximum Gasteiger partial charge on any atom is 0.264 e. The van der Waals surface area contributed by atoms with Crippen LogP contribution in [0.5, 0.6) is 0 Å². The molecule has 0 radical (unpaired) electrons. The molecule has 0 saturated carbocycles. The van der Waals surface area contributed by atoms with Gasteiger partial charge in [-0.2, -0.15) is 0 Å². The van der Waals surface area contributed by atoms with Crippen LogP contribution < -0.4 is 21.3 Å². The first-order valence-electron chi connectivity index (χ1n) is 18.6. The zero-order valence-corrected chi connectivity index (χ0v) is 31.1. The Morgan fingerprint density at radius 1 is 0.800 bits per heavy atom. The van der Waals surface area contributed by atoms with Crippen molar-refractivity contribution in [3.05, 3.63) is 83.4 Å². The summed E-state index contributed by atoms with van der Waals surface area (Å²) in [5.41, 5.74) is 3.20. The largest absolute Gasteiger partial charge is 0.352 e. The van der Waals surface area contributed by atoms with Crippen molar-refractivity contribution < 1.29 is 33.6 Å². The number of piperidine rings is 1. The number of hydrogen-bond acceptors (Lipinski definition) is 9. The molecule has 286 valence electrons. The fourth-order valence-corrected chi connectivity index (χ4v) is 7.36. The number of rotatable bonds is 18. The molecule has 5 N–H and O–H groups in total. The molecule has 15 heteroatoms. The summed E-state index contributed by atoms with van der Waals surface area (Å²) in [6.45, 7) is 0.554. The number of carbonyl (C=O) groups excluding carboxylic acids is 7. The monoisotopic (exact) mass is 765 g/mol. The Morgan fingerprint density at radius 3 is 2.33 bits per heavy atom. The van der Waals surface area contributed by atoms with Gasteiger partial charge in [0.05, 0.1) is 33.6 Å². The van der Waals surface area contributed by atoms with E-state index in [4.69, 9.17) is 0 Å². The van der Waals surface area contributed by atoms with Gasteiger partial charge in [0.25, 0.3) is 17.7 Å². The first kappa shape index (κ1) is 38.9. The molecule has 2 aliphatic rings. The minimum Gasteiger partial charge on any atom is -0.352 e. The molecule has 6 rings (SSSR count). The number of hydrogen-bond donors (Lipinski definition) is 5. The van der Waals surface area contributed by atoms with Crippen LogP contribution in [0.2, 0.25) is 0 Å². The molecule has 0 aliphatic carbocycles. The van der Waals surface area contributed by atoms with Crippen LogP contribution in [-0.4, -0.2) is 74.6 Å². The summed E-state index contributed by atoms with van der Waals surface area (Å²) >= 11 is 1.31. The number of aromatic nitrogens is 2. The lowest BCUT2D eigenvalue weighted by Crippen LogP contribution is -2.54. The van der Waals surface area contributed by atoms with Gasteiger partial charge in [-0.1, -0.05) is 74.6 Å². The lowest BCUT2D eigenvalue weighted by atomic mass is 10.0. The number of unbranched alkanes of at least 4 members (excludes halogenated alkanes) is 7. The molecule has 3 heterocycles. The number of thioether (sulfide) groups is 1. The summed E-state index contributed by atoms with van der Waals surface area (Å²) in [6, 6.07) is 18.1. The molecule has 1 saturated heterocycles. The van der Waals surface area contributed by atoms with Crippen molar-refractivity contribution in [1.82, 2.24) is 25.5 Å². The van der Waals surface area contributed by atoms with Gasteiger partial charge in [-0.3, -0.25) is 43.8 Å². The predicted octanol–water partition coefficient (Wildman–Crippen LogP) is 5.57. The van der Waals surface area contributed by atoms with Crippen LogP contribution in [0.4, 0.5) is 11.4 Å². The third-order valence-electron chi connectivity index (χ3n) is 9.47. The summed E-state index contributed by atoms with van der Waals surface area (Å²) < 4.78 is 0. The van der Waals surface area contributed by atoms with Crippen LogP contribution in [0.25, 0.3) is 11.0 Å². The first-order chi connectivity index (χ1) is 26.7. The minimum atomic E-state index is -1.07. The van der Waals surface area contributed by atoms with Crippen molar-refractivity contribution in [2.75, 3.05) is 22.9 Å². The number of carbonyl (C=O) groups is 7. The van der Waals surface area contributed by atoms with Gasteiger partial charge in [-0.25, -0.2) is 4.98 Å². The van der Waals surface area contributed by atoms with Gasteiger partial charge >= 0.3 is 0 Å². The van der Waals surface area contributed by atoms with Gasteiger partial charge in [0.1, 0.15) is 6.04 Å². The van der Waals surface area contributed by atoms with E-state index in [2.05, 4.69) is 31.2 Å². The van der Waals surface area contributed by atoms with Gasteiger partial charge in [-0.05, 0) is 61.7 Å². The molecule has 0 bridgehead atoms. The van der Waals surface area contributed by atoms with Gasteiger partial charge in [0, 0.05) is 30.6 Å². The predicted molar refractivity (Wildman–Crippen MR) is 208 cm³/mol. The molecule has 1 aromatic heterocycles. The third kappa shape index (κ3) is 10.0. The Balaban J connectivity index is 0.809. The number of amides is 7. The molecule has 1 unspecified atom stereocenters. The fraction of sp³-hybridized carbons (Fsp3) is 0.350. The van der Waals surface area contributed by atoms with E-state index in [1.54, 1.807) is 36.4 Å². The molecule has 2 aliphatic heterocycles. The Hall–Kier alpha value is -5.83. The van der Waals surface area contributed by atoms with Gasteiger partial charge in [0.2, 0.25) is 23.6 Å². The second kappa shape index (κ2) is 18.5. The van der Waals surface area contributed by atoms with Gasteiger partial charge in [-0.15, -0.1) is 0 Å². The number of nitrogens with zero attached hydrogens (tertiary/aromatic N) is 2. The van der Waals surface area contributed by atoms with E-state index in [1.165, 1.54) is 17.8 Å². The van der Waals surface area contributed by atoms with E-state index >= 15 is 0 Å². The zero-order valence-electron chi connectivity index (χ0n) is 30.3. The molecule has 1 fully saturated rings. The number of imide groups is 2. The van der Waals surface area contributed by atoms with Crippen LogP contribution in [0, 0.1) is 0 Å². The maximum absolute atomic E-state index is 13.2. The molecule has 7 amide bonds. The van der Waals surface area contributed by atoms with Crippen molar-refractivity contribution in [1.29, 1.82) is 0 Å². The smallest absolute Gasteiger partial charge is 0.264 e. The van der Waals surface area contributed by atoms with Crippen molar-refractivity contribution in [2.24, 2.45) is 0 Å². The maximum atomic E-state index is 13.2. The van der Waals surface area contributed by atoms with Crippen LogP contribution in [0.1, 0.15) is 102 Å². The highest BCUT2D eigenvalue weighted by Gasteiger charge is 2.45. The number of fused-ring (bicyclic) bond motifs is 2. The molecular weight excluding hydrogens is 723 g/mol. The summed E-state index contributed by atoms with van der Waals surface area (Å²) in [6.07, 6.45) is 7.82. The normalized spacial score (nSPS) is 15.2. The average Bonchev–Trinajstić information content (AvgIpc) is 3.71. The van der Waals surface area contributed by atoms with Crippen molar-refractivity contribution in [3.8, 4) is 0 Å².